The van der Waals surface area contributed by atoms with Crippen molar-refractivity contribution in [3.8, 4) is 22.3 Å². The molecule has 0 spiro atoms. The number of hydrogen-bond donors (Lipinski definition) is 2. The van der Waals surface area contributed by atoms with Crippen molar-refractivity contribution in [3.63, 3.8) is 0 Å². The van der Waals surface area contributed by atoms with Crippen molar-refractivity contribution in [3.05, 3.63) is 156 Å². The van der Waals surface area contributed by atoms with Crippen LogP contribution in [-0.2, 0) is 22.6 Å². The number of amides is 2. The number of carbonyl (C=O) groups is 3. The first kappa shape index (κ1) is 32.0. The zero-order valence-corrected chi connectivity index (χ0v) is 26.4. The van der Waals surface area contributed by atoms with Crippen LogP contribution in [-0.4, -0.2) is 40.1 Å². The standard InChI is InChI=1S/C39H35N3O3S/c1-27(43)25-41-38(44)36(24-28-12-16-32(17-13-28)30-8-4-2-5-9-30)42(39(45)35-22-20-34(21-23-35)37(40)46)26-29-14-18-33(19-15-29)31-10-6-3-7-11-31/h2-23,36H,24-26H2,1H3,(H2,40,46)(H,41,44). The summed E-state index contributed by atoms with van der Waals surface area (Å²) < 4.78 is 0. The molecule has 1 atom stereocenters. The fourth-order valence-electron chi connectivity index (χ4n) is 5.26. The van der Waals surface area contributed by atoms with Gasteiger partial charge in [0.05, 0.1) is 6.54 Å². The molecule has 0 bridgehead atoms. The molecule has 0 saturated heterocycles. The van der Waals surface area contributed by atoms with Crippen LogP contribution < -0.4 is 11.1 Å². The third-order valence-corrected chi connectivity index (χ3v) is 8.01. The zero-order chi connectivity index (χ0) is 32.5. The molecule has 0 fully saturated rings. The maximum absolute atomic E-state index is 14.2. The highest BCUT2D eigenvalue weighted by atomic mass is 32.1. The average Bonchev–Trinajstić information content (AvgIpc) is 3.09. The monoisotopic (exact) mass is 625 g/mol. The summed E-state index contributed by atoms with van der Waals surface area (Å²) in [7, 11) is 0. The molecule has 0 aliphatic carbocycles. The van der Waals surface area contributed by atoms with Crippen LogP contribution in [0.2, 0.25) is 0 Å². The van der Waals surface area contributed by atoms with E-state index in [1.807, 2.05) is 109 Å². The van der Waals surface area contributed by atoms with Crippen molar-refractivity contribution in [2.75, 3.05) is 6.54 Å². The molecule has 230 valence electrons. The Morgan fingerprint density at radius 2 is 1.11 bits per heavy atom. The minimum absolute atomic E-state index is 0.126. The molecule has 7 heteroatoms. The Kier molecular flexibility index (Phi) is 10.5. The molecule has 0 aliphatic rings. The summed E-state index contributed by atoms with van der Waals surface area (Å²) in [6.45, 7) is 1.46. The molecule has 0 aliphatic heterocycles. The first-order chi connectivity index (χ1) is 22.3. The molecular formula is C39H35N3O3S. The molecule has 0 aromatic heterocycles. The Morgan fingerprint density at radius 1 is 0.652 bits per heavy atom. The number of Topliss-reactive ketones (excluding diaryl/α,β-unsaturated/α-hetero) is 1. The largest absolute Gasteiger partial charge is 0.389 e. The molecule has 0 heterocycles. The van der Waals surface area contributed by atoms with Crippen LogP contribution in [0.4, 0.5) is 0 Å². The number of carbonyl (C=O) groups excluding carboxylic acids is 3. The average molecular weight is 626 g/mol. The number of nitrogens with two attached hydrogens (primary N) is 1. The van der Waals surface area contributed by atoms with Gasteiger partial charge in [-0.2, -0.15) is 0 Å². The summed E-state index contributed by atoms with van der Waals surface area (Å²) in [5, 5.41) is 2.75. The molecule has 5 rings (SSSR count). The summed E-state index contributed by atoms with van der Waals surface area (Å²) in [4.78, 5) is 41.7. The first-order valence-electron chi connectivity index (χ1n) is 15.0. The van der Waals surface area contributed by atoms with Crippen LogP contribution in [0.3, 0.4) is 0 Å². The highest BCUT2D eigenvalue weighted by molar-refractivity contribution is 7.80. The second-order valence-corrected chi connectivity index (χ2v) is 11.6. The second kappa shape index (κ2) is 15.1. The van der Waals surface area contributed by atoms with E-state index in [2.05, 4.69) is 5.32 Å². The number of nitrogens with zero attached hydrogens (tertiary/aromatic N) is 1. The van der Waals surface area contributed by atoms with E-state index in [9.17, 15) is 14.4 Å². The summed E-state index contributed by atoms with van der Waals surface area (Å²) in [6, 6.07) is 41.8. The van der Waals surface area contributed by atoms with Gasteiger partial charge in [0.1, 0.15) is 16.8 Å². The van der Waals surface area contributed by atoms with Gasteiger partial charge in [-0.25, -0.2) is 0 Å². The van der Waals surface area contributed by atoms with Crippen LogP contribution in [0.5, 0.6) is 0 Å². The van der Waals surface area contributed by atoms with E-state index < -0.39 is 11.9 Å². The lowest BCUT2D eigenvalue weighted by molar-refractivity contribution is -0.128. The number of hydrogen-bond acceptors (Lipinski definition) is 4. The van der Waals surface area contributed by atoms with Crippen molar-refractivity contribution in [1.29, 1.82) is 0 Å². The predicted octanol–water partition coefficient (Wildman–Crippen LogP) is 6.61. The number of rotatable bonds is 12. The molecule has 6 nitrogen and oxygen atoms in total. The van der Waals surface area contributed by atoms with Crippen LogP contribution in [0, 0.1) is 0 Å². The van der Waals surface area contributed by atoms with Gasteiger partial charge < -0.3 is 16.0 Å². The lowest BCUT2D eigenvalue weighted by Gasteiger charge is -2.31. The minimum Gasteiger partial charge on any atom is -0.389 e. The maximum atomic E-state index is 14.2. The molecular weight excluding hydrogens is 591 g/mol. The normalized spacial score (nSPS) is 11.3. The highest BCUT2D eigenvalue weighted by Crippen LogP contribution is 2.24. The molecule has 3 N–H and O–H groups in total. The van der Waals surface area contributed by atoms with Crippen LogP contribution >= 0.6 is 12.2 Å². The van der Waals surface area contributed by atoms with Crippen molar-refractivity contribution in [1.82, 2.24) is 10.2 Å². The van der Waals surface area contributed by atoms with Crippen molar-refractivity contribution in [2.24, 2.45) is 5.73 Å². The maximum Gasteiger partial charge on any atom is 0.254 e. The van der Waals surface area contributed by atoms with Gasteiger partial charge in [-0.05, 0) is 52.4 Å². The van der Waals surface area contributed by atoms with Gasteiger partial charge in [-0.3, -0.25) is 14.4 Å². The Morgan fingerprint density at radius 3 is 1.59 bits per heavy atom. The summed E-state index contributed by atoms with van der Waals surface area (Å²) in [5.74, 6) is -0.913. The van der Waals surface area contributed by atoms with Gasteiger partial charge in [0.15, 0.2) is 0 Å². The Hall–Kier alpha value is -5.40. The zero-order valence-electron chi connectivity index (χ0n) is 25.6. The Labute approximate surface area is 274 Å². The summed E-state index contributed by atoms with van der Waals surface area (Å²) in [6.07, 6.45) is 0.248. The smallest absolute Gasteiger partial charge is 0.254 e. The van der Waals surface area contributed by atoms with Crippen molar-refractivity contribution in [2.45, 2.75) is 25.9 Å². The van der Waals surface area contributed by atoms with E-state index in [1.54, 1.807) is 29.2 Å². The third kappa shape index (κ3) is 8.20. The van der Waals surface area contributed by atoms with Crippen LogP contribution in [0.25, 0.3) is 22.3 Å². The molecule has 0 radical (unpaired) electrons. The van der Waals surface area contributed by atoms with Gasteiger partial charge in [0.25, 0.3) is 5.91 Å². The van der Waals surface area contributed by atoms with Crippen LogP contribution in [0.1, 0.15) is 34.0 Å². The lowest BCUT2D eigenvalue weighted by atomic mass is 9.98. The molecule has 5 aromatic carbocycles. The van der Waals surface area contributed by atoms with Crippen molar-refractivity contribution < 1.29 is 14.4 Å². The van der Waals surface area contributed by atoms with Gasteiger partial charge in [0, 0.05) is 24.1 Å². The Bertz CT molecular complexity index is 1810. The van der Waals surface area contributed by atoms with Gasteiger partial charge in [-0.15, -0.1) is 0 Å². The van der Waals surface area contributed by atoms with Gasteiger partial charge in [-0.1, -0.05) is 134 Å². The fourth-order valence-corrected chi connectivity index (χ4v) is 5.39. The fraction of sp³-hybridized carbons (Fsp3) is 0.128. The first-order valence-corrected chi connectivity index (χ1v) is 15.5. The second-order valence-electron chi connectivity index (χ2n) is 11.1. The van der Waals surface area contributed by atoms with E-state index in [-0.39, 0.29) is 36.2 Å². The van der Waals surface area contributed by atoms with Crippen LogP contribution in [0.15, 0.2) is 133 Å². The quantitative estimate of drug-likeness (QED) is 0.152. The molecule has 1 unspecified atom stereocenters. The molecule has 0 saturated carbocycles. The highest BCUT2D eigenvalue weighted by Gasteiger charge is 2.31. The SMILES string of the molecule is CC(=O)CNC(=O)C(Cc1ccc(-c2ccccc2)cc1)N(Cc1ccc(-c2ccccc2)cc1)C(=O)c1ccc(C(N)=S)cc1. The van der Waals surface area contributed by atoms with E-state index >= 15 is 0 Å². The van der Waals surface area contributed by atoms with Crippen molar-refractivity contribution >= 4 is 34.8 Å². The molecule has 46 heavy (non-hydrogen) atoms. The minimum atomic E-state index is -0.904. The lowest BCUT2D eigenvalue weighted by Crippen LogP contribution is -2.51. The molecule has 5 aromatic rings. The van der Waals surface area contributed by atoms with Gasteiger partial charge >= 0.3 is 0 Å². The number of nitrogens with one attached hydrogen (secondary N) is 1. The number of ketones is 1. The van der Waals surface area contributed by atoms with Gasteiger partial charge in [0.2, 0.25) is 5.91 Å². The predicted molar refractivity (Wildman–Crippen MR) is 187 cm³/mol. The van der Waals surface area contributed by atoms with E-state index in [4.69, 9.17) is 18.0 Å². The van der Waals surface area contributed by atoms with E-state index in [1.165, 1.54) is 6.92 Å². The molecule has 2 amide bonds. The van der Waals surface area contributed by atoms with E-state index in [0.29, 0.717) is 11.1 Å². The number of benzene rings is 5. The Balaban J connectivity index is 1.50. The summed E-state index contributed by atoms with van der Waals surface area (Å²) in [5.41, 5.74) is 12.8. The topological polar surface area (TPSA) is 92.5 Å². The number of thiocarbonyl (C=S) groups is 1. The third-order valence-electron chi connectivity index (χ3n) is 7.77. The van der Waals surface area contributed by atoms with E-state index in [0.717, 1.165) is 33.4 Å². The summed E-state index contributed by atoms with van der Waals surface area (Å²) >= 11 is 5.10.